The largest absolute Gasteiger partial charge is 0.346 e. The first-order chi connectivity index (χ1) is 10.9. The number of halogens is 3. The molecule has 24 heavy (non-hydrogen) atoms. The van der Waals surface area contributed by atoms with E-state index < -0.39 is 24.9 Å². The van der Waals surface area contributed by atoms with Crippen molar-refractivity contribution in [1.29, 1.82) is 0 Å². The van der Waals surface area contributed by atoms with Crippen molar-refractivity contribution in [2.24, 2.45) is 11.1 Å². The molecule has 134 valence electrons. The van der Waals surface area contributed by atoms with Crippen molar-refractivity contribution in [2.45, 2.75) is 33.1 Å². The highest BCUT2D eigenvalue weighted by Gasteiger charge is 2.27. The molecule has 1 aromatic carbocycles. The summed E-state index contributed by atoms with van der Waals surface area (Å²) in [5.41, 5.74) is 5.09. The minimum Gasteiger partial charge on any atom is -0.346 e. The smallest absolute Gasteiger partial charge is 0.277 e. The lowest BCUT2D eigenvalue weighted by Crippen LogP contribution is -2.41. The molecule has 0 aliphatic carbocycles. The number of nitrogens with two attached hydrogens (primary N) is 1. The average molecular weight is 362 g/mol. The second kappa shape index (κ2) is 7.90. The van der Waals surface area contributed by atoms with Crippen LogP contribution in [0.5, 0.6) is 0 Å². The third kappa shape index (κ3) is 6.80. The zero-order valence-electron chi connectivity index (χ0n) is 13.9. The number of alkyl halides is 2. The van der Waals surface area contributed by atoms with Crippen molar-refractivity contribution in [2.75, 3.05) is 18.4 Å². The Hall–Kier alpha value is -1.73. The molecular weight excluding hydrogens is 340 g/mol. The molecule has 0 saturated carbocycles. The van der Waals surface area contributed by atoms with Crippen molar-refractivity contribution in [3.63, 3.8) is 0 Å². The van der Waals surface area contributed by atoms with Gasteiger partial charge in [0.2, 0.25) is 5.91 Å². The molecule has 1 aromatic rings. The van der Waals surface area contributed by atoms with Crippen molar-refractivity contribution in [1.82, 2.24) is 5.32 Å². The summed E-state index contributed by atoms with van der Waals surface area (Å²) in [5.74, 6) is -4.17. The van der Waals surface area contributed by atoms with Gasteiger partial charge in [-0.25, -0.2) is 8.78 Å². The lowest BCUT2D eigenvalue weighted by molar-refractivity contribution is -0.117. The average Bonchev–Trinajstić information content (AvgIpc) is 2.45. The van der Waals surface area contributed by atoms with Gasteiger partial charge in [-0.3, -0.25) is 9.59 Å². The number of carbonyl (C=O) groups is 2. The zero-order valence-corrected chi connectivity index (χ0v) is 14.6. The molecule has 0 saturated heterocycles. The fourth-order valence-corrected chi connectivity index (χ4v) is 2.04. The van der Waals surface area contributed by atoms with E-state index in [1.807, 2.05) is 20.8 Å². The van der Waals surface area contributed by atoms with Gasteiger partial charge in [-0.15, -0.1) is 0 Å². The monoisotopic (exact) mass is 361 g/mol. The summed E-state index contributed by atoms with van der Waals surface area (Å²) < 4.78 is 26.2. The number of nitrogens with one attached hydrogen (secondary N) is 2. The lowest BCUT2D eigenvalue weighted by atomic mass is 9.92. The number of carbonyl (C=O) groups excluding carboxylic acids is 2. The molecule has 0 fully saturated rings. The van der Waals surface area contributed by atoms with Crippen LogP contribution in [0.2, 0.25) is 5.02 Å². The molecule has 0 heterocycles. The maximum atomic E-state index is 13.1. The lowest BCUT2D eigenvalue weighted by Gasteiger charge is -2.18. The Labute approximate surface area is 144 Å². The number of benzene rings is 1. The second-order valence-electron chi connectivity index (χ2n) is 6.72. The van der Waals surface area contributed by atoms with Crippen LogP contribution in [0.15, 0.2) is 18.2 Å². The maximum Gasteiger partial charge on any atom is 0.277 e. The molecule has 0 aliphatic rings. The van der Waals surface area contributed by atoms with E-state index in [2.05, 4.69) is 10.6 Å². The third-order valence-corrected chi connectivity index (χ3v) is 3.32. The molecule has 4 N–H and O–H groups in total. The van der Waals surface area contributed by atoms with E-state index in [0.717, 1.165) is 0 Å². The van der Waals surface area contributed by atoms with Crippen LogP contribution in [-0.4, -0.2) is 30.8 Å². The van der Waals surface area contributed by atoms with Gasteiger partial charge < -0.3 is 16.4 Å². The summed E-state index contributed by atoms with van der Waals surface area (Å²) in [6, 6.07) is 4.30. The van der Waals surface area contributed by atoms with Gasteiger partial charge >= 0.3 is 0 Å². The van der Waals surface area contributed by atoms with E-state index in [9.17, 15) is 18.4 Å². The van der Waals surface area contributed by atoms with Crippen molar-refractivity contribution >= 4 is 29.1 Å². The zero-order chi connectivity index (χ0) is 18.5. The first-order valence-corrected chi connectivity index (χ1v) is 7.77. The van der Waals surface area contributed by atoms with Crippen LogP contribution in [-0.2, 0) is 4.79 Å². The molecule has 0 bridgehead atoms. The minimum absolute atomic E-state index is 0.00181. The van der Waals surface area contributed by atoms with E-state index in [1.165, 1.54) is 18.2 Å². The van der Waals surface area contributed by atoms with Gasteiger partial charge in [0.15, 0.2) is 0 Å². The topological polar surface area (TPSA) is 84.2 Å². The number of hydrogen-bond acceptors (Lipinski definition) is 3. The highest BCUT2D eigenvalue weighted by atomic mass is 35.5. The molecule has 0 atom stereocenters. The van der Waals surface area contributed by atoms with Gasteiger partial charge in [0.1, 0.15) is 0 Å². The number of amides is 2. The summed E-state index contributed by atoms with van der Waals surface area (Å²) in [4.78, 5) is 23.9. The Morgan fingerprint density at radius 3 is 2.42 bits per heavy atom. The molecule has 0 radical (unpaired) electrons. The summed E-state index contributed by atoms with van der Waals surface area (Å²) in [5, 5.41) is 4.84. The fraction of sp³-hybridized carbons (Fsp3) is 0.500. The van der Waals surface area contributed by atoms with E-state index in [4.69, 9.17) is 17.3 Å². The Morgan fingerprint density at radius 2 is 1.88 bits per heavy atom. The van der Waals surface area contributed by atoms with Gasteiger partial charge in [0.05, 0.1) is 23.7 Å². The van der Waals surface area contributed by atoms with E-state index in [1.54, 1.807) is 0 Å². The highest BCUT2D eigenvalue weighted by Crippen LogP contribution is 2.23. The first-order valence-electron chi connectivity index (χ1n) is 7.39. The van der Waals surface area contributed by atoms with Crippen molar-refractivity contribution in [3.05, 3.63) is 28.8 Å². The molecule has 2 amide bonds. The summed E-state index contributed by atoms with van der Waals surface area (Å²) >= 11 is 5.93. The van der Waals surface area contributed by atoms with Crippen LogP contribution in [0.3, 0.4) is 0 Å². The Kier molecular flexibility index (Phi) is 6.68. The van der Waals surface area contributed by atoms with Gasteiger partial charge in [-0.2, -0.15) is 0 Å². The fourth-order valence-electron chi connectivity index (χ4n) is 1.84. The SMILES string of the molecule is CC(C)(C)CC(=O)Nc1ccc(Cl)c(C(=O)NCC(F)(F)CN)c1. The van der Waals surface area contributed by atoms with Crippen LogP contribution in [0.1, 0.15) is 37.6 Å². The Bertz CT molecular complexity index is 616. The van der Waals surface area contributed by atoms with Crippen LogP contribution < -0.4 is 16.4 Å². The van der Waals surface area contributed by atoms with Crippen molar-refractivity contribution in [3.8, 4) is 0 Å². The molecule has 0 aliphatic heterocycles. The van der Waals surface area contributed by atoms with E-state index in [-0.39, 0.29) is 21.9 Å². The van der Waals surface area contributed by atoms with Crippen LogP contribution in [0.4, 0.5) is 14.5 Å². The first kappa shape index (κ1) is 20.3. The van der Waals surface area contributed by atoms with Crippen LogP contribution in [0, 0.1) is 5.41 Å². The maximum absolute atomic E-state index is 13.1. The summed E-state index contributed by atoms with van der Waals surface area (Å²) in [6.45, 7) is 4.00. The third-order valence-electron chi connectivity index (χ3n) is 2.99. The quantitative estimate of drug-likeness (QED) is 0.728. The molecule has 1 rings (SSSR count). The second-order valence-corrected chi connectivity index (χ2v) is 7.13. The summed E-state index contributed by atoms with van der Waals surface area (Å²) in [6.07, 6.45) is 0.292. The Morgan fingerprint density at radius 1 is 1.25 bits per heavy atom. The van der Waals surface area contributed by atoms with E-state index in [0.29, 0.717) is 12.1 Å². The molecule has 5 nitrogen and oxygen atoms in total. The van der Waals surface area contributed by atoms with Gasteiger partial charge in [-0.1, -0.05) is 32.4 Å². The molecular formula is C16H22ClF2N3O2. The standard InChI is InChI=1S/C16H22ClF2N3O2/c1-15(2,3)7-13(23)22-10-4-5-12(17)11(6-10)14(24)21-9-16(18,19)8-20/h4-6H,7-9,20H2,1-3H3,(H,21,24)(H,22,23). The predicted molar refractivity (Wildman–Crippen MR) is 90.5 cm³/mol. The Balaban J connectivity index is 2.82. The van der Waals surface area contributed by atoms with E-state index >= 15 is 0 Å². The minimum atomic E-state index is -3.19. The number of rotatable bonds is 6. The highest BCUT2D eigenvalue weighted by molar-refractivity contribution is 6.34. The molecule has 0 aromatic heterocycles. The van der Waals surface area contributed by atoms with Crippen molar-refractivity contribution < 1.29 is 18.4 Å². The normalized spacial score (nSPS) is 12.0. The predicted octanol–water partition coefficient (Wildman–Crippen LogP) is 3.04. The van der Waals surface area contributed by atoms with Crippen LogP contribution in [0.25, 0.3) is 0 Å². The van der Waals surface area contributed by atoms with Gasteiger partial charge in [0, 0.05) is 12.1 Å². The molecule has 0 unspecified atom stereocenters. The summed E-state index contributed by atoms with van der Waals surface area (Å²) in [7, 11) is 0. The number of hydrogen-bond donors (Lipinski definition) is 3. The van der Waals surface area contributed by atoms with Crippen LogP contribution >= 0.6 is 11.6 Å². The molecule has 0 spiro atoms. The van der Waals surface area contributed by atoms with Gasteiger partial charge in [-0.05, 0) is 23.6 Å². The molecule has 8 heteroatoms. The number of anilines is 1. The van der Waals surface area contributed by atoms with Gasteiger partial charge in [0.25, 0.3) is 11.8 Å².